The van der Waals surface area contributed by atoms with E-state index in [0.717, 1.165) is 14.7 Å². The summed E-state index contributed by atoms with van der Waals surface area (Å²) < 4.78 is 3.79. The number of hydrogen-bond acceptors (Lipinski definition) is 2. The Kier molecular flexibility index (Phi) is 3.97. The Morgan fingerprint density at radius 3 is 2.81 bits per heavy atom. The van der Waals surface area contributed by atoms with Gasteiger partial charge in [-0.25, -0.2) is 0 Å². The number of thiazole rings is 1. The Morgan fingerprint density at radius 1 is 1.29 bits per heavy atom. The number of benzene rings is 2. The molecule has 3 nitrogen and oxygen atoms in total. The second kappa shape index (κ2) is 5.75. The maximum absolute atomic E-state index is 12.3. The first-order chi connectivity index (χ1) is 10.1. The summed E-state index contributed by atoms with van der Waals surface area (Å²) in [6.45, 7) is 0. The fraction of sp³-hybridized carbons (Fsp3) is 0.0667. The van der Waals surface area contributed by atoms with Crippen LogP contribution in [0.3, 0.4) is 0 Å². The van der Waals surface area contributed by atoms with Crippen LogP contribution < -0.4 is 4.80 Å². The predicted molar refractivity (Wildman–Crippen MR) is 89.8 cm³/mol. The van der Waals surface area contributed by atoms with Crippen molar-refractivity contribution in [1.82, 2.24) is 4.57 Å². The van der Waals surface area contributed by atoms with Crippen molar-refractivity contribution in [2.75, 3.05) is 0 Å². The van der Waals surface area contributed by atoms with E-state index in [1.165, 1.54) is 11.3 Å². The first kappa shape index (κ1) is 14.5. The van der Waals surface area contributed by atoms with E-state index in [4.69, 9.17) is 11.6 Å². The number of rotatable bonds is 1. The first-order valence-corrected chi connectivity index (χ1v) is 8.13. The molecule has 2 aromatic carbocycles. The molecule has 0 unspecified atom stereocenters. The molecular weight excluding hydrogens is 372 g/mol. The van der Waals surface area contributed by atoms with E-state index in [0.29, 0.717) is 15.4 Å². The molecule has 3 aromatic rings. The summed E-state index contributed by atoms with van der Waals surface area (Å²) in [4.78, 5) is 17.2. The Balaban J connectivity index is 2.13. The number of hydrogen-bond donors (Lipinski definition) is 0. The van der Waals surface area contributed by atoms with Gasteiger partial charge in [0.25, 0.3) is 5.91 Å². The van der Waals surface area contributed by atoms with Crippen LogP contribution in [0.2, 0.25) is 5.02 Å². The average Bonchev–Trinajstić information content (AvgIpc) is 2.78. The number of carbonyl (C=O) groups is 1. The van der Waals surface area contributed by atoms with Crippen LogP contribution in [0.15, 0.2) is 51.9 Å². The maximum Gasteiger partial charge on any atom is 0.281 e. The smallest absolute Gasteiger partial charge is 0.281 e. The van der Waals surface area contributed by atoms with Gasteiger partial charge in [-0.3, -0.25) is 4.79 Å². The van der Waals surface area contributed by atoms with Crippen LogP contribution in [0, 0.1) is 0 Å². The number of aryl methyl sites for hydroxylation is 1. The lowest BCUT2D eigenvalue weighted by Crippen LogP contribution is -2.13. The maximum atomic E-state index is 12.3. The summed E-state index contributed by atoms with van der Waals surface area (Å²) in [5.41, 5.74) is 1.44. The van der Waals surface area contributed by atoms with Crippen LogP contribution in [0.5, 0.6) is 0 Å². The number of fused-ring (bicyclic) bond motifs is 1. The van der Waals surface area contributed by atoms with Gasteiger partial charge in [0, 0.05) is 11.5 Å². The molecule has 1 aromatic heterocycles. The topological polar surface area (TPSA) is 34.4 Å². The molecule has 21 heavy (non-hydrogen) atoms. The summed E-state index contributed by atoms with van der Waals surface area (Å²) in [5.74, 6) is -0.344. The second-order valence-electron chi connectivity index (χ2n) is 4.45. The standard InChI is InChI=1S/C15H10BrClN2OS/c1-19-12-4-2-3-5-13(12)21-15(19)18-14(20)10-8-9(16)6-7-11(10)17/h2-8H,1H3. The molecule has 6 heteroatoms. The third-order valence-corrected chi connectivity index (χ3v) is 5.01. The van der Waals surface area contributed by atoms with E-state index >= 15 is 0 Å². The van der Waals surface area contributed by atoms with E-state index < -0.39 is 0 Å². The van der Waals surface area contributed by atoms with Crippen LogP contribution in [0.4, 0.5) is 0 Å². The number of carbonyl (C=O) groups excluding carboxylic acids is 1. The van der Waals surface area contributed by atoms with Crippen molar-refractivity contribution in [2.24, 2.45) is 12.0 Å². The van der Waals surface area contributed by atoms with Gasteiger partial charge in [-0.15, -0.1) is 0 Å². The highest BCUT2D eigenvalue weighted by Gasteiger charge is 2.11. The predicted octanol–water partition coefficient (Wildman–Crippen LogP) is 4.40. The van der Waals surface area contributed by atoms with Crippen molar-refractivity contribution in [3.05, 3.63) is 62.3 Å². The second-order valence-corrected chi connectivity index (χ2v) is 6.78. The molecule has 0 atom stereocenters. The zero-order chi connectivity index (χ0) is 15.0. The molecule has 0 spiro atoms. The molecule has 1 amide bonds. The van der Waals surface area contributed by atoms with Gasteiger partial charge in [-0.05, 0) is 30.3 Å². The van der Waals surface area contributed by atoms with Gasteiger partial charge in [0.15, 0.2) is 4.80 Å². The van der Waals surface area contributed by atoms with E-state index in [1.54, 1.807) is 18.2 Å². The highest BCUT2D eigenvalue weighted by Crippen LogP contribution is 2.22. The minimum Gasteiger partial charge on any atom is -0.319 e. The SMILES string of the molecule is Cn1c(=NC(=O)c2cc(Br)ccc2Cl)sc2ccccc21. The lowest BCUT2D eigenvalue weighted by molar-refractivity contribution is 0.0998. The normalized spacial score (nSPS) is 12.0. The molecule has 106 valence electrons. The molecule has 0 aliphatic rings. The minimum atomic E-state index is -0.344. The fourth-order valence-electron chi connectivity index (χ4n) is 2.00. The van der Waals surface area contributed by atoms with Crippen LogP contribution >= 0.6 is 38.9 Å². The van der Waals surface area contributed by atoms with Gasteiger partial charge in [-0.1, -0.05) is 51.0 Å². The zero-order valence-electron chi connectivity index (χ0n) is 11.0. The molecule has 0 aliphatic carbocycles. The summed E-state index contributed by atoms with van der Waals surface area (Å²) in [5, 5.41) is 0.399. The van der Waals surface area contributed by atoms with Crippen molar-refractivity contribution in [3.63, 3.8) is 0 Å². The zero-order valence-corrected chi connectivity index (χ0v) is 14.2. The molecule has 0 bridgehead atoms. The average molecular weight is 382 g/mol. The largest absolute Gasteiger partial charge is 0.319 e. The van der Waals surface area contributed by atoms with Crippen molar-refractivity contribution >= 4 is 55.0 Å². The lowest BCUT2D eigenvalue weighted by Gasteiger charge is -2.00. The highest BCUT2D eigenvalue weighted by molar-refractivity contribution is 9.10. The van der Waals surface area contributed by atoms with Gasteiger partial charge in [0.05, 0.1) is 20.8 Å². The van der Waals surface area contributed by atoms with Crippen LogP contribution in [-0.2, 0) is 7.05 Å². The van der Waals surface area contributed by atoms with Gasteiger partial charge < -0.3 is 4.57 Å². The third kappa shape index (κ3) is 2.81. The van der Waals surface area contributed by atoms with E-state index in [1.807, 2.05) is 35.9 Å². The molecular formula is C15H10BrClN2OS. The fourth-order valence-corrected chi connectivity index (χ4v) is 3.57. The van der Waals surface area contributed by atoms with Gasteiger partial charge in [0.1, 0.15) is 0 Å². The van der Waals surface area contributed by atoms with E-state index in [-0.39, 0.29) is 5.91 Å². The van der Waals surface area contributed by atoms with Crippen LogP contribution in [0.25, 0.3) is 10.2 Å². The lowest BCUT2D eigenvalue weighted by atomic mass is 10.2. The molecule has 0 saturated heterocycles. The summed E-state index contributed by atoms with van der Waals surface area (Å²) in [6, 6.07) is 13.1. The summed E-state index contributed by atoms with van der Waals surface area (Å²) in [7, 11) is 1.90. The van der Waals surface area contributed by atoms with E-state index in [2.05, 4.69) is 20.9 Å². The number of nitrogens with zero attached hydrogens (tertiary/aromatic N) is 2. The number of para-hydroxylation sites is 1. The van der Waals surface area contributed by atoms with Gasteiger partial charge in [-0.2, -0.15) is 4.99 Å². The molecule has 0 aliphatic heterocycles. The number of aromatic nitrogens is 1. The first-order valence-electron chi connectivity index (χ1n) is 6.15. The molecule has 0 fully saturated rings. The van der Waals surface area contributed by atoms with Gasteiger partial charge in [0.2, 0.25) is 0 Å². The Labute approximate surface area is 138 Å². The molecule has 0 N–H and O–H groups in total. The van der Waals surface area contributed by atoms with Crippen molar-refractivity contribution in [2.45, 2.75) is 0 Å². The minimum absolute atomic E-state index is 0.344. The van der Waals surface area contributed by atoms with Crippen molar-refractivity contribution in [1.29, 1.82) is 0 Å². The summed E-state index contributed by atoms with van der Waals surface area (Å²) in [6.07, 6.45) is 0. The monoisotopic (exact) mass is 380 g/mol. The Hall–Kier alpha value is -1.43. The highest BCUT2D eigenvalue weighted by atomic mass is 79.9. The molecule has 3 rings (SSSR count). The molecule has 0 radical (unpaired) electrons. The Morgan fingerprint density at radius 2 is 2.05 bits per heavy atom. The van der Waals surface area contributed by atoms with Crippen LogP contribution in [0.1, 0.15) is 10.4 Å². The third-order valence-electron chi connectivity index (χ3n) is 3.07. The Bertz CT molecular complexity index is 913. The van der Waals surface area contributed by atoms with Crippen molar-refractivity contribution in [3.8, 4) is 0 Å². The number of amides is 1. The number of halogens is 2. The van der Waals surface area contributed by atoms with Crippen molar-refractivity contribution < 1.29 is 4.79 Å². The van der Waals surface area contributed by atoms with E-state index in [9.17, 15) is 4.79 Å². The summed E-state index contributed by atoms with van der Waals surface area (Å²) >= 11 is 10.9. The quantitative estimate of drug-likeness (QED) is 0.615. The van der Waals surface area contributed by atoms with Crippen LogP contribution in [-0.4, -0.2) is 10.5 Å². The molecule has 1 heterocycles. The van der Waals surface area contributed by atoms with Gasteiger partial charge >= 0.3 is 0 Å². The molecule has 0 saturated carbocycles.